The van der Waals surface area contributed by atoms with E-state index in [1.165, 1.54) is 10.4 Å². The van der Waals surface area contributed by atoms with E-state index < -0.39 is 10.0 Å². The molecular weight excluding hydrogens is 274 g/mol. The molecule has 1 aromatic heterocycles. The number of hydrogen-bond donors (Lipinski definition) is 0. The van der Waals surface area contributed by atoms with Gasteiger partial charge in [-0.2, -0.15) is 4.31 Å². The molecule has 0 aliphatic heterocycles. The molecule has 0 aliphatic rings. The normalized spacial score (nSPS) is 14.4. The van der Waals surface area contributed by atoms with E-state index in [9.17, 15) is 8.42 Å². The van der Waals surface area contributed by atoms with Crippen molar-refractivity contribution in [2.75, 3.05) is 7.05 Å². The number of hydrogen-bond acceptors (Lipinski definition) is 3. The predicted molar refractivity (Wildman–Crippen MR) is 72.1 cm³/mol. The summed E-state index contributed by atoms with van der Waals surface area (Å²) in [6.45, 7) is 6.02. The maximum absolute atomic E-state index is 12.3. The molecule has 0 radical (unpaired) electrons. The van der Waals surface area contributed by atoms with Crippen molar-refractivity contribution in [2.45, 2.75) is 44.2 Å². The van der Waals surface area contributed by atoms with E-state index in [4.69, 9.17) is 16.0 Å². The van der Waals surface area contributed by atoms with Crippen LogP contribution in [0.5, 0.6) is 0 Å². The van der Waals surface area contributed by atoms with Gasteiger partial charge in [0.1, 0.15) is 5.76 Å². The van der Waals surface area contributed by atoms with E-state index in [-0.39, 0.29) is 17.0 Å². The lowest BCUT2D eigenvalue weighted by Crippen LogP contribution is -2.35. The first kappa shape index (κ1) is 15.5. The van der Waals surface area contributed by atoms with E-state index in [0.29, 0.717) is 11.7 Å². The second-order valence-electron chi connectivity index (χ2n) is 4.85. The van der Waals surface area contributed by atoms with Gasteiger partial charge in [-0.1, -0.05) is 13.8 Å². The fourth-order valence-electron chi connectivity index (χ4n) is 1.78. The Morgan fingerprint density at radius 2 is 1.94 bits per heavy atom. The Hall–Kier alpha value is -0.520. The molecule has 1 unspecified atom stereocenters. The van der Waals surface area contributed by atoms with Crippen LogP contribution in [0.4, 0.5) is 0 Å². The fourth-order valence-corrected chi connectivity index (χ4v) is 3.22. The summed E-state index contributed by atoms with van der Waals surface area (Å²) in [6.07, 6.45) is 0.804. The molecule has 0 amide bonds. The molecule has 0 bridgehead atoms. The van der Waals surface area contributed by atoms with E-state index in [2.05, 4.69) is 13.8 Å². The summed E-state index contributed by atoms with van der Waals surface area (Å²) in [4.78, 5) is 0. The summed E-state index contributed by atoms with van der Waals surface area (Å²) in [7, 11) is -1.99. The fraction of sp³-hybridized carbons (Fsp3) is 0.667. The Morgan fingerprint density at radius 3 is 2.39 bits per heavy atom. The number of furan rings is 1. The largest absolute Gasteiger partial charge is 0.447 e. The Morgan fingerprint density at radius 1 is 1.33 bits per heavy atom. The number of sulfonamides is 1. The lowest BCUT2D eigenvalue weighted by molar-refractivity contribution is 0.323. The van der Waals surface area contributed by atoms with Gasteiger partial charge in [0.2, 0.25) is 5.09 Å². The van der Waals surface area contributed by atoms with Gasteiger partial charge in [0, 0.05) is 13.1 Å². The molecule has 0 saturated heterocycles. The molecule has 18 heavy (non-hydrogen) atoms. The van der Waals surface area contributed by atoms with Crippen LogP contribution >= 0.6 is 11.6 Å². The van der Waals surface area contributed by atoms with Gasteiger partial charge in [0.15, 0.2) is 0 Å². The average Bonchev–Trinajstić information content (AvgIpc) is 2.76. The quantitative estimate of drug-likeness (QED) is 0.757. The molecule has 6 heteroatoms. The highest BCUT2D eigenvalue weighted by Crippen LogP contribution is 2.22. The minimum Gasteiger partial charge on any atom is -0.447 e. The van der Waals surface area contributed by atoms with Crippen LogP contribution in [0.2, 0.25) is 0 Å². The van der Waals surface area contributed by atoms with Crippen molar-refractivity contribution >= 4 is 21.6 Å². The van der Waals surface area contributed by atoms with Crippen molar-refractivity contribution < 1.29 is 12.8 Å². The molecule has 4 nitrogen and oxygen atoms in total. The minimum absolute atomic E-state index is 0.0451. The van der Waals surface area contributed by atoms with E-state index in [0.717, 1.165) is 6.42 Å². The molecule has 104 valence electrons. The maximum atomic E-state index is 12.3. The summed E-state index contributed by atoms with van der Waals surface area (Å²) in [5.41, 5.74) is 0. The molecule has 0 aromatic carbocycles. The Bertz CT molecular complexity index is 481. The molecular formula is C12H20ClNO3S. The van der Waals surface area contributed by atoms with Crippen molar-refractivity contribution in [3.05, 3.63) is 17.9 Å². The SMILES string of the molecule is CC(C)CC(C)N(C)S(=O)(=O)c1ccc(CCl)o1. The van der Waals surface area contributed by atoms with Crippen LogP contribution in [0.3, 0.4) is 0 Å². The average molecular weight is 294 g/mol. The third kappa shape index (κ3) is 3.49. The highest BCUT2D eigenvalue weighted by Gasteiger charge is 2.28. The molecule has 1 atom stereocenters. The Balaban J connectivity index is 2.92. The smallest absolute Gasteiger partial charge is 0.276 e. The molecule has 1 heterocycles. The molecule has 0 N–H and O–H groups in total. The van der Waals surface area contributed by atoms with Gasteiger partial charge in [-0.15, -0.1) is 11.6 Å². The first-order valence-electron chi connectivity index (χ1n) is 5.91. The molecule has 1 rings (SSSR count). The second-order valence-corrected chi connectivity index (χ2v) is 7.05. The van der Waals surface area contributed by atoms with Gasteiger partial charge in [-0.05, 0) is 31.4 Å². The van der Waals surface area contributed by atoms with E-state index >= 15 is 0 Å². The Labute approximate surface area is 114 Å². The van der Waals surface area contributed by atoms with E-state index in [1.807, 2.05) is 6.92 Å². The highest BCUT2D eigenvalue weighted by molar-refractivity contribution is 7.89. The second kappa shape index (κ2) is 6.08. The summed E-state index contributed by atoms with van der Waals surface area (Å²) < 4.78 is 31.1. The summed E-state index contributed by atoms with van der Waals surface area (Å²) in [5.74, 6) is 1.06. The van der Waals surface area contributed by atoms with Crippen LogP contribution in [0.1, 0.15) is 33.0 Å². The highest BCUT2D eigenvalue weighted by atomic mass is 35.5. The van der Waals surface area contributed by atoms with Gasteiger partial charge in [0.25, 0.3) is 10.0 Å². The monoisotopic (exact) mass is 293 g/mol. The van der Waals surface area contributed by atoms with Crippen molar-refractivity contribution in [3.8, 4) is 0 Å². The Kier molecular flexibility index (Phi) is 5.25. The van der Waals surface area contributed by atoms with Crippen molar-refractivity contribution in [3.63, 3.8) is 0 Å². The number of alkyl halides is 1. The number of nitrogens with zero attached hydrogens (tertiary/aromatic N) is 1. The van der Waals surface area contributed by atoms with Gasteiger partial charge in [0.05, 0.1) is 5.88 Å². The van der Waals surface area contributed by atoms with Crippen molar-refractivity contribution in [1.82, 2.24) is 4.31 Å². The number of rotatable bonds is 6. The zero-order chi connectivity index (χ0) is 13.9. The topological polar surface area (TPSA) is 50.5 Å². The first-order chi connectivity index (χ1) is 8.28. The molecule has 0 spiro atoms. The zero-order valence-corrected chi connectivity index (χ0v) is 12.8. The van der Waals surface area contributed by atoms with Crippen LogP contribution in [-0.4, -0.2) is 25.8 Å². The summed E-state index contributed by atoms with van der Waals surface area (Å²) in [5, 5.41) is -0.0451. The van der Waals surface area contributed by atoms with Gasteiger partial charge >= 0.3 is 0 Å². The third-order valence-electron chi connectivity index (χ3n) is 2.84. The van der Waals surface area contributed by atoms with Crippen LogP contribution in [-0.2, 0) is 15.9 Å². The predicted octanol–water partition coefficient (Wildman–Crippen LogP) is 3.07. The molecule has 0 fully saturated rings. The van der Waals surface area contributed by atoms with Crippen LogP contribution in [0.25, 0.3) is 0 Å². The standard InChI is InChI=1S/C12H20ClNO3S/c1-9(2)7-10(3)14(4)18(15,16)12-6-5-11(8-13)17-12/h5-6,9-10H,7-8H2,1-4H3. The van der Waals surface area contributed by atoms with Gasteiger partial charge in [-0.3, -0.25) is 0 Å². The lowest BCUT2D eigenvalue weighted by atomic mass is 10.1. The molecule has 0 aliphatic carbocycles. The number of halogens is 1. The lowest BCUT2D eigenvalue weighted by Gasteiger charge is -2.24. The maximum Gasteiger partial charge on any atom is 0.276 e. The first-order valence-corrected chi connectivity index (χ1v) is 7.89. The van der Waals surface area contributed by atoms with Gasteiger partial charge < -0.3 is 4.42 Å². The van der Waals surface area contributed by atoms with Gasteiger partial charge in [-0.25, -0.2) is 8.42 Å². The van der Waals surface area contributed by atoms with Crippen molar-refractivity contribution in [1.29, 1.82) is 0 Å². The van der Waals surface area contributed by atoms with E-state index in [1.54, 1.807) is 13.1 Å². The molecule has 1 aromatic rings. The summed E-state index contributed by atoms with van der Waals surface area (Å²) in [6, 6.07) is 2.96. The van der Waals surface area contributed by atoms with Crippen LogP contribution < -0.4 is 0 Å². The van der Waals surface area contributed by atoms with Crippen LogP contribution in [0.15, 0.2) is 21.6 Å². The zero-order valence-electron chi connectivity index (χ0n) is 11.2. The van der Waals surface area contributed by atoms with Crippen LogP contribution in [0, 0.1) is 5.92 Å². The third-order valence-corrected chi connectivity index (χ3v) is 4.94. The summed E-state index contributed by atoms with van der Waals surface area (Å²) >= 11 is 5.60. The minimum atomic E-state index is -3.57. The van der Waals surface area contributed by atoms with Crippen molar-refractivity contribution in [2.24, 2.45) is 5.92 Å². The molecule has 0 saturated carbocycles.